The second-order valence-electron chi connectivity index (χ2n) is 5.73. The third-order valence-corrected chi connectivity index (χ3v) is 4.19. The van der Waals surface area contributed by atoms with Crippen LogP contribution in [0.3, 0.4) is 0 Å². The van der Waals surface area contributed by atoms with Crippen molar-refractivity contribution in [1.29, 1.82) is 0 Å². The Morgan fingerprint density at radius 1 is 1.43 bits per heavy atom. The van der Waals surface area contributed by atoms with Gasteiger partial charge in [0.2, 0.25) is 5.91 Å². The Balaban J connectivity index is 0.00000220. The normalized spacial score (nSPS) is 20.9. The van der Waals surface area contributed by atoms with E-state index in [9.17, 15) is 9.18 Å². The van der Waals surface area contributed by atoms with Crippen molar-refractivity contribution in [3.63, 3.8) is 0 Å². The highest BCUT2D eigenvalue weighted by Crippen LogP contribution is 2.26. The van der Waals surface area contributed by atoms with Gasteiger partial charge in [-0.2, -0.15) is 0 Å². The molecule has 1 aromatic carbocycles. The number of nitrogens with two attached hydrogens (primary N) is 1. The van der Waals surface area contributed by atoms with Crippen molar-refractivity contribution < 1.29 is 9.18 Å². The molecular formula is C16H24ClFN2O. The van der Waals surface area contributed by atoms with Gasteiger partial charge >= 0.3 is 0 Å². The monoisotopic (exact) mass is 314 g/mol. The Labute approximate surface area is 131 Å². The SMILES string of the molecule is Cc1cc(F)ccc1CCNC(=O)C[C@@H]1CCC[C@H]1N.Cl. The number of amides is 1. The van der Waals surface area contributed by atoms with Crippen LogP contribution in [0.15, 0.2) is 18.2 Å². The molecule has 1 amide bonds. The maximum atomic E-state index is 13.0. The zero-order chi connectivity index (χ0) is 14.5. The summed E-state index contributed by atoms with van der Waals surface area (Å²) in [4.78, 5) is 11.8. The van der Waals surface area contributed by atoms with Crippen molar-refractivity contribution in [2.75, 3.05) is 6.54 Å². The minimum absolute atomic E-state index is 0. The number of hydrogen-bond donors (Lipinski definition) is 2. The van der Waals surface area contributed by atoms with Crippen LogP contribution < -0.4 is 11.1 Å². The summed E-state index contributed by atoms with van der Waals surface area (Å²) < 4.78 is 13.0. The molecule has 21 heavy (non-hydrogen) atoms. The lowest BCUT2D eigenvalue weighted by Crippen LogP contribution is -2.32. The molecule has 2 atom stereocenters. The van der Waals surface area contributed by atoms with Crippen molar-refractivity contribution in [3.8, 4) is 0 Å². The van der Waals surface area contributed by atoms with Crippen molar-refractivity contribution in [2.45, 2.75) is 45.1 Å². The van der Waals surface area contributed by atoms with E-state index in [4.69, 9.17) is 5.73 Å². The first-order valence-corrected chi connectivity index (χ1v) is 7.33. The van der Waals surface area contributed by atoms with E-state index < -0.39 is 0 Å². The van der Waals surface area contributed by atoms with Gasteiger partial charge in [0.05, 0.1) is 0 Å². The number of hydrogen-bond acceptors (Lipinski definition) is 2. The summed E-state index contributed by atoms with van der Waals surface area (Å²) in [5.74, 6) is 0.195. The predicted octanol–water partition coefficient (Wildman–Crippen LogP) is 2.73. The lowest BCUT2D eigenvalue weighted by molar-refractivity contribution is -0.122. The Kier molecular flexibility index (Phi) is 7.12. The van der Waals surface area contributed by atoms with E-state index in [1.165, 1.54) is 12.1 Å². The highest BCUT2D eigenvalue weighted by Gasteiger charge is 2.25. The van der Waals surface area contributed by atoms with E-state index in [1.807, 2.05) is 6.92 Å². The maximum absolute atomic E-state index is 13.0. The Morgan fingerprint density at radius 3 is 2.81 bits per heavy atom. The van der Waals surface area contributed by atoms with Gasteiger partial charge < -0.3 is 11.1 Å². The molecule has 118 valence electrons. The van der Waals surface area contributed by atoms with Crippen LogP contribution in [0.4, 0.5) is 4.39 Å². The summed E-state index contributed by atoms with van der Waals surface area (Å²) in [6, 6.07) is 4.94. The first kappa shape index (κ1) is 17.9. The third kappa shape index (κ3) is 5.29. The molecule has 2 rings (SSSR count). The van der Waals surface area contributed by atoms with Crippen LogP contribution in [0.5, 0.6) is 0 Å². The number of carbonyl (C=O) groups excluding carboxylic acids is 1. The van der Waals surface area contributed by atoms with Crippen LogP contribution in [-0.2, 0) is 11.2 Å². The largest absolute Gasteiger partial charge is 0.356 e. The molecule has 1 fully saturated rings. The second-order valence-corrected chi connectivity index (χ2v) is 5.73. The van der Waals surface area contributed by atoms with Gasteiger partial charge in [-0.3, -0.25) is 4.79 Å². The topological polar surface area (TPSA) is 55.1 Å². The van der Waals surface area contributed by atoms with Crippen LogP contribution in [0.25, 0.3) is 0 Å². The lowest BCUT2D eigenvalue weighted by Gasteiger charge is -2.15. The highest BCUT2D eigenvalue weighted by atomic mass is 35.5. The minimum Gasteiger partial charge on any atom is -0.356 e. The summed E-state index contributed by atoms with van der Waals surface area (Å²) in [6.45, 7) is 2.48. The zero-order valence-electron chi connectivity index (χ0n) is 12.4. The standard InChI is InChI=1S/C16H23FN2O.ClH/c1-11-9-14(17)6-5-12(11)7-8-19-16(20)10-13-3-2-4-15(13)18;/h5-6,9,13,15H,2-4,7-8,10,18H2,1H3,(H,19,20);1H/t13-,15+;/m0./s1. The molecule has 1 aromatic rings. The minimum atomic E-state index is -0.217. The first-order valence-electron chi connectivity index (χ1n) is 7.33. The Hall–Kier alpha value is -1.13. The van der Waals surface area contributed by atoms with E-state index in [1.54, 1.807) is 6.07 Å². The molecule has 0 unspecified atom stereocenters. The van der Waals surface area contributed by atoms with Crippen molar-refractivity contribution in [3.05, 3.63) is 35.1 Å². The predicted molar refractivity (Wildman–Crippen MR) is 85.0 cm³/mol. The van der Waals surface area contributed by atoms with Gasteiger partial charge in [0.1, 0.15) is 5.82 Å². The molecule has 1 aliphatic rings. The fourth-order valence-corrected chi connectivity index (χ4v) is 2.91. The molecule has 0 saturated heterocycles. The molecule has 0 radical (unpaired) electrons. The molecule has 0 aliphatic heterocycles. The number of nitrogens with one attached hydrogen (secondary N) is 1. The van der Waals surface area contributed by atoms with Crippen LogP contribution in [0.2, 0.25) is 0 Å². The molecule has 5 heteroatoms. The van der Waals surface area contributed by atoms with Crippen LogP contribution in [0, 0.1) is 18.7 Å². The fraction of sp³-hybridized carbons (Fsp3) is 0.562. The van der Waals surface area contributed by atoms with Gasteiger partial charge in [0.15, 0.2) is 0 Å². The average Bonchev–Trinajstić information content (AvgIpc) is 2.78. The van der Waals surface area contributed by atoms with Gasteiger partial charge in [0.25, 0.3) is 0 Å². The summed E-state index contributed by atoms with van der Waals surface area (Å²) in [6.07, 6.45) is 4.49. The van der Waals surface area contributed by atoms with Crippen molar-refractivity contribution in [2.24, 2.45) is 11.7 Å². The Bertz CT molecular complexity index is 481. The van der Waals surface area contributed by atoms with Crippen LogP contribution in [0.1, 0.15) is 36.8 Å². The maximum Gasteiger partial charge on any atom is 0.220 e. The molecule has 3 nitrogen and oxygen atoms in total. The first-order chi connectivity index (χ1) is 9.56. The van der Waals surface area contributed by atoms with Gasteiger partial charge in [-0.1, -0.05) is 12.5 Å². The molecule has 3 N–H and O–H groups in total. The summed E-state index contributed by atoms with van der Waals surface area (Å²) in [7, 11) is 0. The summed E-state index contributed by atoms with van der Waals surface area (Å²) in [5.41, 5.74) is 7.97. The number of benzene rings is 1. The van der Waals surface area contributed by atoms with Crippen molar-refractivity contribution >= 4 is 18.3 Å². The van der Waals surface area contributed by atoms with E-state index in [2.05, 4.69) is 5.32 Å². The number of halogens is 2. The lowest BCUT2D eigenvalue weighted by atomic mass is 10.00. The summed E-state index contributed by atoms with van der Waals surface area (Å²) >= 11 is 0. The Morgan fingerprint density at radius 2 is 2.19 bits per heavy atom. The van der Waals surface area contributed by atoms with E-state index in [0.717, 1.165) is 36.8 Å². The van der Waals surface area contributed by atoms with Gasteiger partial charge in [-0.15, -0.1) is 12.4 Å². The van der Waals surface area contributed by atoms with E-state index >= 15 is 0 Å². The number of rotatable bonds is 5. The molecule has 0 bridgehead atoms. The molecule has 1 saturated carbocycles. The number of aryl methyl sites for hydroxylation is 1. The zero-order valence-corrected chi connectivity index (χ0v) is 13.2. The third-order valence-electron chi connectivity index (χ3n) is 4.19. The van der Waals surface area contributed by atoms with Gasteiger partial charge in [-0.25, -0.2) is 4.39 Å². The van der Waals surface area contributed by atoms with Gasteiger partial charge in [0, 0.05) is 19.0 Å². The molecule has 1 aliphatic carbocycles. The van der Waals surface area contributed by atoms with Crippen molar-refractivity contribution in [1.82, 2.24) is 5.32 Å². The molecule has 0 heterocycles. The fourth-order valence-electron chi connectivity index (χ4n) is 2.91. The van der Waals surface area contributed by atoms with Crippen LogP contribution in [-0.4, -0.2) is 18.5 Å². The van der Waals surface area contributed by atoms with E-state index in [-0.39, 0.29) is 30.2 Å². The smallest absolute Gasteiger partial charge is 0.220 e. The summed E-state index contributed by atoms with van der Waals surface area (Å²) in [5, 5.41) is 2.93. The molecule has 0 aromatic heterocycles. The van der Waals surface area contributed by atoms with E-state index in [0.29, 0.717) is 18.9 Å². The molecular weight excluding hydrogens is 291 g/mol. The van der Waals surface area contributed by atoms with Gasteiger partial charge in [-0.05, 0) is 55.4 Å². The van der Waals surface area contributed by atoms with Crippen LogP contribution >= 0.6 is 12.4 Å². The number of carbonyl (C=O) groups is 1. The molecule has 0 spiro atoms. The second kappa shape index (κ2) is 8.35. The quantitative estimate of drug-likeness (QED) is 0.878. The highest BCUT2D eigenvalue weighted by molar-refractivity contribution is 5.85. The average molecular weight is 315 g/mol.